The fourth-order valence-corrected chi connectivity index (χ4v) is 1.08. The van der Waals surface area contributed by atoms with Crippen molar-refractivity contribution in [3.05, 3.63) is 35.4 Å². The number of ether oxygens (including phenoxy) is 1. The minimum atomic E-state index is -0.858. The summed E-state index contributed by atoms with van der Waals surface area (Å²) < 4.78 is 31.1. The van der Waals surface area contributed by atoms with Gasteiger partial charge in [0.25, 0.3) is 0 Å². The third-order valence-electron chi connectivity index (χ3n) is 1.76. The second-order valence-electron chi connectivity index (χ2n) is 4.19. The molecule has 0 atom stereocenters. The van der Waals surface area contributed by atoms with E-state index in [0.717, 1.165) is 6.07 Å². The summed E-state index contributed by atoms with van der Waals surface area (Å²) in [6.07, 6.45) is 0. The summed E-state index contributed by atoms with van der Waals surface area (Å²) >= 11 is 0. The standard InChI is InChI=1S/C11H15F2NO/c1-11(2,14)7-15-6-8-4-3-5-9(12)10(8)13/h3-5H,6-7,14H2,1-2H3. The van der Waals surface area contributed by atoms with Crippen LogP contribution in [-0.4, -0.2) is 12.1 Å². The Labute approximate surface area is 88.0 Å². The van der Waals surface area contributed by atoms with Crippen molar-refractivity contribution < 1.29 is 13.5 Å². The Bertz CT molecular complexity index is 334. The average molecular weight is 215 g/mol. The van der Waals surface area contributed by atoms with Crippen molar-refractivity contribution in [1.82, 2.24) is 0 Å². The molecule has 0 aliphatic rings. The van der Waals surface area contributed by atoms with Gasteiger partial charge in [0, 0.05) is 11.1 Å². The number of hydrogen-bond acceptors (Lipinski definition) is 2. The Kier molecular flexibility index (Phi) is 3.77. The van der Waals surface area contributed by atoms with Crippen molar-refractivity contribution in [2.24, 2.45) is 5.73 Å². The van der Waals surface area contributed by atoms with E-state index in [1.54, 1.807) is 13.8 Å². The van der Waals surface area contributed by atoms with Crippen LogP contribution >= 0.6 is 0 Å². The van der Waals surface area contributed by atoms with Gasteiger partial charge in [-0.25, -0.2) is 8.78 Å². The summed E-state index contributed by atoms with van der Waals surface area (Å²) in [5.74, 6) is -1.71. The minimum Gasteiger partial charge on any atom is -0.375 e. The molecule has 0 aliphatic carbocycles. The lowest BCUT2D eigenvalue weighted by Gasteiger charge is -2.18. The van der Waals surface area contributed by atoms with Gasteiger partial charge in [-0.15, -0.1) is 0 Å². The Morgan fingerprint density at radius 1 is 1.33 bits per heavy atom. The van der Waals surface area contributed by atoms with Gasteiger partial charge in [0.05, 0.1) is 13.2 Å². The van der Waals surface area contributed by atoms with E-state index < -0.39 is 17.2 Å². The van der Waals surface area contributed by atoms with Gasteiger partial charge in [-0.1, -0.05) is 12.1 Å². The topological polar surface area (TPSA) is 35.2 Å². The summed E-state index contributed by atoms with van der Waals surface area (Å²) in [5.41, 5.74) is 5.41. The summed E-state index contributed by atoms with van der Waals surface area (Å²) in [5, 5.41) is 0. The molecule has 4 heteroatoms. The van der Waals surface area contributed by atoms with E-state index in [9.17, 15) is 8.78 Å². The van der Waals surface area contributed by atoms with Crippen LogP contribution < -0.4 is 5.73 Å². The molecule has 1 aromatic carbocycles. The van der Waals surface area contributed by atoms with Gasteiger partial charge in [-0.05, 0) is 19.9 Å². The van der Waals surface area contributed by atoms with E-state index >= 15 is 0 Å². The van der Waals surface area contributed by atoms with Gasteiger partial charge in [-0.2, -0.15) is 0 Å². The molecule has 1 rings (SSSR count). The monoisotopic (exact) mass is 215 g/mol. The number of halogens is 2. The van der Waals surface area contributed by atoms with E-state index in [2.05, 4.69) is 0 Å². The summed E-state index contributed by atoms with van der Waals surface area (Å²) in [6.45, 7) is 3.93. The van der Waals surface area contributed by atoms with E-state index in [-0.39, 0.29) is 12.2 Å². The first kappa shape index (κ1) is 12.1. The Morgan fingerprint density at radius 2 is 2.00 bits per heavy atom. The molecule has 0 heterocycles. The Hall–Kier alpha value is -1.00. The van der Waals surface area contributed by atoms with Crippen molar-refractivity contribution in [2.75, 3.05) is 6.61 Å². The molecule has 15 heavy (non-hydrogen) atoms. The maximum atomic E-state index is 13.1. The SMILES string of the molecule is CC(C)(N)COCc1cccc(F)c1F. The number of hydrogen-bond donors (Lipinski definition) is 1. The van der Waals surface area contributed by atoms with Crippen molar-refractivity contribution in [3.63, 3.8) is 0 Å². The van der Waals surface area contributed by atoms with Crippen molar-refractivity contribution in [3.8, 4) is 0 Å². The van der Waals surface area contributed by atoms with E-state index in [4.69, 9.17) is 10.5 Å². The fraction of sp³-hybridized carbons (Fsp3) is 0.455. The molecule has 1 aromatic rings. The highest BCUT2D eigenvalue weighted by Gasteiger charge is 2.12. The molecule has 0 amide bonds. The average Bonchev–Trinajstić information content (AvgIpc) is 2.10. The first-order valence-electron chi connectivity index (χ1n) is 4.70. The highest BCUT2D eigenvalue weighted by atomic mass is 19.2. The van der Waals surface area contributed by atoms with Crippen LogP contribution in [0.2, 0.25) is 0 Å². The molecule has 0 radical (unpaired) electrons. The van der Waals surface area contributed by atoms with Crippen LogP contribution in [0.15, 0.2) is 18.2 Å². The number of nitrogens with two attached hydrogens (primary N) is 1. The van der Waals surface area contributed by atoms with Gasteiger partial charge >= 0.3 is 0 Å². The molecule has 0 unspecified atom stereocenters. The number of benzene rings is 1. The third kappa shape index (κ3) is 3.93. The van der Waals surface area contributed by atoms with Gasteiger partial charge in [0.2, 0.25) is 0 Å². The molecule has 0 spiro atoms. The van der Waals surface area contributed by atoms with Crippen LogP contribution in [0.3, 0.4) is 0 Å². The molecule has 2 nitrogen and oxygen atoms in total. The maximum Gasteiger partial charge on any atom is 0.164 e. The molecular formula is C11H15F2NO. The molecule has 0 fully saturated rings. The molecule has 0 saturated carbocycles. The van der Waals surface area contributed by atoms with Crippen LogP contribution in [-0.2, 0) is 11.3 Å². The van der Waals surface area contributed by atoms with Gasteiger partial charge in [0.15, 0.2) is 11.6 Å². The molecule has 0 saturated heterocycles. The van der Waals surface area contributed by atoms with Gasteiger partial charge < -0.3 is 10.5 Å². The molecule has 0 aliphatic heterocycles. The van der Waals surface area contributed by atoms with Crippen LogP contribution in [0.25, 0.3) is 0 Å². The quantitative estimate of drug-likeness (QED) is 0.835. The van der Waals surface area contributed by atoms with Gasteiger partial charge in [0.1, 0.15) is 0 Å². The lowest BCUT2D eigenvalue weighted by atomic mass is 10.1. The largest absolute Gasteiger partial charge is 0.375 e. The minimum absolute atomic E-state index is 0.0320. The van der Waals surface area contributed by atoms with E-state index in [0.29, 0.717) is 6.61 Å². The fourth-order valence-electron chi connectivity index (χ4n) is 1.08. The molecule has 0 bridgehead atoms. The molecular weight excluding hydrogens is 200 g/mol. The van der Waals surface area contributed by atoms with Crippen molar-refractivity contribution >= 4 is 0 Å². The van der Waals surface area contributed by atoms with Gasteiger partial charge in [-0.3, -0.25) is 0 Å². The lowest BCUT2D eigenvalue weighted by Crippen LogP contribution is -2.37. The third-order valence-corrected chi connectivity index (χ3v) is 1.76. The summed E-state index contributed by atoms with van der Waals surface area (Å²) in [6, 6.07) is 4.01. The predicted octanol–water partition coefficient (Wildman–Crippen LogP) is 2.22. The zero-order chi connectivity index (χ0) is 11.5. The molecule has 84 valence electrons. The summed E-state index contributed by atoms with van der Waals surface area (Å²) in [4.78, 5) is 0. The second-order valence-corrected chi connectivity index (χ2v) is 4.19. The van der Waals surface area contributed by atoms with Crippen LogP contribution in [0.4, 0.5) is 8.78 Å². The number of rotatable bonds is 4. The van der Waals surface area contributed by atoms with E-state index in [1.807, 2.05) is 0 Å². The Morgan fingerprint density at radius 3 is 2.60 bits per heavy atom. The van der Waals surface area contributed by atoms with Crippen LogP contribution in [0.5, 0.6) is 0 Å². The Balaban J connectivity index is 2.55. The highest BCUT2D eigenvalue weighted by molar-refractivity contribution is 5.17. The van der Waals surface area contributed by atoms with E-state index in [1.165, 1.54) is 12.1 Å². The van der Waals surface area contributed by atoms with Crippen LogP contribution in [0.1, 0.15) is 19.4 Å². The van der Waals surface area contributed by atoms with Crippen molar-refractivity contribution in [1.29, 1.82) is 0 Å². The maximum absolute atomic E-state index is 13.1. The molecule has 0 aromatic heterocycles. The van der Waals surface area contributed by atoms with Crippen LogP contribution in [0, 0.1) is 11.6 Å². The normalized spacial score (nSPS) is 11.8. The first-order valence-corrected chi connectivity index (χ1v) is 4.70. The lowest BCUT2D eigenvalue weighted by molar-refractivity contribution is 0.0828. The smallest absolute Gasteiger partial charge is 0.164 e. The predicted molar refractivity (Wildman–Crippen MR) is 54.3 cm³/mol. The summed E-state index contributed by atoms with van der Waals surface area (Å²) in [7, 11) is 0. The zero-order valence-electron chi connectivity index (χ0n) is 8.89. The molecule has 2 N–H and O–H groups in total. The highest BCUT2D eigenvalue weighted by Crippen LogP contribution is 2.12. The second kappa shape index (κ2) is 4.68. The first-order chi connectivity index (χ1) is 6.90. The zero-order valence-corrected chi connectivity index (χ0v) is 8.89. The van der Waals surface area contributed by atoms with Crippen molar-refractivity contribution in [2.45, 2.75) is 26.0 Å².